The molecular formula is C27H30N6O. The average molecular weight is 455 g/mol. The lowest BCUT2D eigenvalue weighted by Crippen LogP contribution is -2.38. The van der Waals surface area contributed by atoms with Crippen LogP contribution in [0.4, 0.5) is 0 Å². The first-order valence-electron chi connectivity index (χ1n) is 12.3. The van der Waals surface area contributed by atoms with Gasteiger partial charge < -0.3 is 9.88 Å². The first-order valence-corrected chi connectivity index (χ1v) is 12.3. The number of amides is 1. The maximum atomic E-state index is 13.5. The van der Waals surface area contributed by atoms with Gasteiger partial charge in [0.25, 0.3) is 5.91 Å². The largest absolute Gasteiger partial charge is 0.351 e. The van der Waals surface area contributed by atoms with E-state index in [1.165, 1.54) is 0 Å². The van der Waals surface area contributed by atoms with Crippen LogP contribution >= 0.6 is 0 Å². The molecule has 1 unspecified atom stereocenters. The minimum atomic E-state index is -0.0426. The van der Waals surface area contributed by atoms with E-state index >= 15 is 0 Å². The zero-order chi connectivity index (χ0) is 23.2. The first kappa shape index (κ1) is 21.1. The number of aliphatic imine (C=N–C) groups is 1. The summed E-state index contributed by atoms with van der Waals surface area (Å²) >= 11 is 0. The number of para-hydroxylation sites is 1. The molecule has 7 nitrogen and oxygen atoms in total. The van der Waals surface area contributed by atoms with E-state index < -0.39 is 0 Å². The normalized spacial score (nSPS) is 23.1. The van der Waals surface area contributed by atoms with Gasteiger partial charge in [-0.1, -0.05) is 18.2 Å². The van der Waals surface area contributed by atoms with Crippen molar-refractivity contribution in [1.29, 1.82) is 0 Å². The molecule has 1 aliphatic heterocycles. The van der Waals surface area contributed by atoms with Gasteiger partial charge >= 0.3 is 0 Å². The zero-order valence-corrected chi connectivity index (χ0v) is 19.6. The summed E-state index contributed by atoms with van der Waals surface area (Å²) < 4.78 is 1.88. The Morgan fingerprint density at radius 2 is 2.06 bits per heavy atom. The molecule has 1 saturated heterocycles. The van der Waals surface area contributed by atoms with Crippen LogP contribution in [-0.2, 0) is 0 Å². The van der Waals surface area contributed by atoms with E-state index in [-0.39, 0.29) is 11.9 Å². The molecule has 3 aromatic heterocycles. The van der Waals surface area contributed by atoms with E-state index in [9.17, 15) is 4.79 Å². The molecule has 34 heavy (non-hydrogen) atoms. The number of aromatic amines is 1. The summed E-state index contributed by atoms with van der Waals surface area (Å²) in [6.45, 7) is 6.59. The van der Waals surface area contributed by atoms with Gasteiger partial charge in [-0.2, -0.15) is 5.10 Å². The number of H-pyrrole nitrogens is 1. The van der Waals surface area contributed by atoms with Gasteiger partial charge in [0, 0.05) is 41.7 Å². The molecule has 4 heterocycles. The van der Waals surface area contributed by atoms with Crippen molar-refractivity contribution < 1.29 is 4.79 Å². The van der Waals surface area contributed by atoms with Crippen molar-refractivity contribution in [2.24, 2.45) is 4.99 Å². The Bertz CT molecular complexity index is 1350. The fourth-order valence-electron chi connectivity index (χ4n) is 5.82. The third-order valence-electron chi connectivity index (χ3n) is 7.61. The number of likely N-dealkylation sites (tertiary alicyclic amines) is 1. The van der Waals surface area contributed by atoms with Gasteiger partial charge in [0.05, 0.1) is 17.4 Å². The minimum absolute atomic E-state index is 0.0386. The van der Waals surface area contributed by atoms with E-state index in [2.05, 4.69) is 35.9 Å². The molecule has 1 N–H and O–H groups in total. The number of carbonyl (C=O) groups is 1. The molecule has 2 aliphatic rings. The second-order valence-corrected chi connectivity index (χ2v) is 9.81. The Hall–Kier alpha value is -3.48. The van der Waals surface area contributed by atoms with Gasteiger partial charge in [-0.3, -0.25) is 9.79 Å². The Balaban J connectivity index is 1.32. The fourth-order valence-corrected chi connectivity index (χ4v) is 5.82. The van der Waals surface area contributed by atoms with Gasteiger partial charge in [0.15, 0.2) is 5.65 Å². The Morgan fingerprint density at radius 1 is 1.18 bits per heavy atom. The molecule has 1 aromatic carbocycles. The molecule has 3 atom stereocenters. The highest BCUT2D eigenvalue weighted by molar-refractivity contribution is 5.98. The Morgan fingerprint density at radius 3 is 2.88 bits per heavy atom. The van der Waals surface area contributed by atoms with Crippen molar-refractivity contribution in [1.82, 2.24) is 24.5 Å². The molecule has 2 fully saturated rings. The molecule has 6 rings (SSSR count). The second kappa shape index (κ2) is 8.38. The number of rotatable bonds is 4. The maximum Gasteiger partial charge on any atom is 0.270 e. The predicted molar refractivity (Wildman–Crippen MR) is 134 cm³/mol. The van der Waals surface area contributed by atoms with E-state index in [0.29, 0.717) is 17.7 Å². The van der Waals surface area contributed by atoms with E-state index in [0.717, 1.165) is 78.6 Å². The number of nitrogens with one attached hydrogen (secondary N) is 1. The molecule has 0 bridgehead atoms. The SMILES string of the molecule is C=N[C@H]1CCC(c2nc3cc([C@@H]4CCCCN4C(=O)c4cc5ccccc5[nH]4)nn3cc2C)C1. The summed E-state index contributed by atoms with van der Waals surface area (Å²) in [5.74, 6) is 0.463. The molecule has 1 aliphatic carbocycles. The van der Waals surface area contributed by atoms with Gasteiger partial charge in [-0.05, 0) is 69.9 Å². The number of fused-ring (bicyclic) bond motifs is 2. The topological polar surface area (TPSA) is 78.7 Å². The Labute approximate surface area is 198 Å². The van der Waals surface area contributed by atoms with Gasteiger partial charge in [-0.15, -0.1) is 0 Å². The number of nitrogens with zero attached hydrogens (tertiary/aromatic N) is 5. The summed E-state index contributed by atoms with van der Waals surface area (Å²) in [6, 6.07) is 12.3. The summed E-state index contributed by atoms with van der Waals surface area (Å²) in [5.41, 5.74) is 5.71. The first-order chi connectivity index (χ1) is 16.6. The summed E-state index contributed by atoms with van der Waals surface area (Å²) in [6.07, 6.45) is 8.30. The van der Waals surface area contributed by atoms with Crippen molar-refractivity contribution in [2.75, 3.05) is 6.54 Å². The number of piperidine rings is 1. The van der Waals surface area contributed by atoms with Gasteiger partial charge in [-0.25, -0.2) is 9.50 Å². The van der Waals surface area contributed by atoms with Crippen LogP contribution in [0.2, 0.25) is 0 Å². The van der Waals surface area contributed by atoms with Crippen molar-refractivity contribution >= 4 is 29.2 Å². The van der Waals surface area contributed by atoms with Crippen molar-refractivity contribution in [2.45, 2.75) is 63.5 Å². The van der Waals surface area contributed by atoms with Gasteiger partial charge in [0.1, 0.15) is 5.69 Å². The lowest BCUT2D eigenvalue weighted by molar-refractivity contribution is 0.0600. The number of benzene rings is 1. The summed E-state index contributed by atoms with van der Waals surface area (Å²) in [7, 11) is 0. The third-order valence-corrected chi connectivity index (χ3v) is 7.61. The Kier molecular flexibility index (Phi) is 5.20. The van der Waals surface area contributed by atoms with Crippen LogP contribution in [0.1, 0.15) is 77.9 Å². The number of hydrogen-bond acceptors (Lipinski definition) is 4. The molecule has 4 aromatic rings. The van der Waals surface area contributed by atoms with Crippen LogP contribution < -0.4 is 0 Å². The number of aryl methyl sites for hydroxylation is 1. The molecule has 7 heteroatoms. The van der Waals surface area contributed by atoms with E-state index in [1.807, 2.05) is 39.7 Å². The van der Waals surface area contributed by atoms with Crippen molar-refractivity contribution in [3.63, 3.8) is 0 Å². The van der Waals surface area contributed by atoms with Crippen molar-refractivity contribution in [3.8, 4) is 0 Å². The fraction of sp³-hybridized carbons (Fsp3) is 0.407. The summed E-state index contributed by atoms with van der Waals surface area (Å²) in [5, 5.41) is 5.94. The molecule has 0 spiro atoms. The minimum Gasteiger partial charge on any atom is -0.351 e. The van der Waals surface area contributed by atoms with Crippen LogP contribution in [0, 0.1) is 6.92 Å². The smallest absolute Gasteiger partial charge is 0.270 e. The average Bonchev–Trinajstić information content (AvgIpc) is 3.60. The van der Waals surface area contributed by atoms with Crippen molar-refractivity contribution in [3.05, 3.63) is 65.2 Å². The zero-order valence-electron chi connectivity index (χ0n) is 19.6. The number of carbonyl (C=O) groups excluding carboxylic acids is 1. The monoisotopic (exact) mass is 454 g/mol. The summed E-state index contributed by atoms with van der Waals surface area (Å²) in [4.78, 5) is 28.1. The lowest BCUT2D eigenvalue weighted by atomic mass is 9.98. The lowest BCUT2D eigenvalue weighted by Gasteiger charge is -2.34. The molecule has 1 saturated carbocycles. The van der Waals surface area contributed by atoms with Gasteiger partial charge in [0.2, 0.25) is 0 Å². The highest BCUT2D eigenvalue weighted by Gasteiger charge is 2.32. The molecule has 1 amide bonds. The van der Waals surface area contributed by atoms with Crippen LogP contribution in [0.3, 0.4) is 0 Å². The third kappa shape index (κ3) is 3.59. The number of aromatic nitrogens is 4. The highest BCUT2D eigenvalue weighted by atomic mass is 16.2. The van der Waals surface area contributed by atoms with E-state index in [4.69, 9.17) is 10.1 Å². The maximum absolute atomic E-state index is 13.5. The highest BCUT2D eigenvalue weighted by Crippen LogP contribution is 2.37. The molecule has 0 radical (unpaired) electrons. The predicted octanol–water partition coefficient (Wildman–Crippen LogP) is 5.22. The van der Waals surface area contributed by atoms with E-state index in [1.54, 1.807) is 0 Å². The number of hydrogen-bond donors (Lipinski definition) is 1. The van der Waals surface area contributed by atoms with Crippen LogP contribution in [-0.4, -0.2) is 49.7 Å². The van der Waals surface area contributed by atoms with Crippen LogP contribution in [0.25, 0.3) is 16.6 Å². The second-order valence-electron chi connectivity index (χ2n) is 9.81. The van der Waals surface area contributed by atoms with Crippen LogP contribution in [0.15, 0.2) is 47.6 Å². The molecule has 174 valence electrons. The molecular weight excluding hydrogens is 424 g/mol. The standard InChI is InChI=1S/C27H30N6O/c1-17-16-33-25(30-26(17)19-10-11-20(13-19)28-2)15-22(31-33)24-9-5-6-12-32(24)27(34)23-14-18-7-3-4-8-21(18)29-23/h3-4,7-8,14-16,19-20,24,29H,2,5-6,9-13H2,1H3/t19?,20-,24-/m0/s1. The van der Waals surface area contributed by atoms with Crippen LogP contribution in [0.5, 0.6) is 0 Å². The quantitative estimate of drug-likeness (QED) is 0.429.